The minimum atomic E-state index is -0.972. The first kappa shape index (κ1) is 13.2. The number of aliphatic hydroxyl groups is 1. The summed E-state index contributed by atoms with van der Waals surface area (Å²) in [5.41, 5.74) is 7.43. The maximum atomic E-state index is 10.6. The predicted octanol–water partition coefficient (Wildman–Crippen LogP) is 0.731. The standard InChI is InChI=1S/C11H12N2O2.CH4O/c12-9(11(14)15)5-7-6-13-10-4-2-1-3-8(7)10;1-2/h1-4,6,9,13H,5,12H2,(H,14,15);2H,1H3/t9-;/m0./s1. The largest absolute Gasteiger partial charge is 0.480 e. The highest BCUT2D eigenvalue weighted by Gasteiger charge is 2.14. The summed E-state index contributed by atoms with van der Waals surface area (Å²) >= 11 is 0. The lowest BCUT2D eigenvalue weighted by Gasteiger charge is -2.04. The molecule has 1 atom stereocenters. The Bertz CT molecular complexity index is 493. The van der Waals surface area contributed by atoms with Crippen LogP contribution in [-0.4, -0.2) is 34.3 Å². The lowest BCUT2D eigenvalue weighted by molar-refractivity contribution is -0.138. The number of hydrogen-bond donors (Lipinski definition) is 4. The van der Waals surface area contributed by atoms with Crippen molar-refractivity contribution in [1.29, 1.82) is 0 Å². The summed E-state index contributed by atoms with van der Waals surface area (Å²) in [5.74, 6) is -0.972. The van der Waals surface area contributed by atoms with E-state index in [-0.39, 0.29) is 0 Å². The molecule has 1 heterocycles. The second-order valence-corrected chi connectivity index (χ2v) is 3.51. The Balaban J connectivity index is 0.000000686. The molecule has 92 valence electrons. The molecule has 5 nitrogen and oxygen atoms in total. The molecule has 0 fully saturated rings. The van der Waals surface area contributed by atoms with Crippen LogP contribution in [0.2, 0.25) is 0 Å². The normalized spacial score (nSPS) is 11.7. The van der Waals surface area contributed by atoms with Gasteiger partial charge in [0, 0.05) is 30.6 Å². The van der Waals surface area contributed by atoms with Crippen molar-refractivity contribution in [3.05, 3.63) is 36.0 Å². The van der Waals surface area contributed by atoms with Gasteiger partial charge < -0.3 is 20.9 Å². The summed E-state index contributed by atoms with van der Waals surface area (Å²) in [6.45, 7) is 0. The van der Waals surface area contributed by atoms with E-state index in [0.717, 1.165) is 23.6 Å². The van der Waals surface area contributed by atoms with Crippen molar-refractivity contribution in [1.82, 2.24) is 4.98 Å². The van der Waals surface area contributed by atoms with Crippen LogP contribution >= 0.6 is 0 Å². The highest BCUT2D eigenvalue weighted by molar-refractivity contribution is 5.84. The Labute approximate surface area is 98.9 Å². The fraction of sp³-hybridized carbons (Fsp3) is 0.250. The van der Waals surface area contributed by atoms with Gasteiger partial charge in [-0.15, -0.1) is 0 Å². The molecule has 5 heteroatoms. The zero-order valence-corrected chi connectivity index (χ0v) is 9.55. The molecule has 2 rings (SSSR count). The molecule has 0 aliphatic carbocycles. The van der Waals surface area contributed by atoms with Crippen molar-refractivity contribution >= 4 is 16.9 Å². The van der Waals surface area contributed by atoms with Crippen molar-refractivity contribution in [2.45, 2.75) is 12.5 Å². The summed E-state index contributed by atoms with van der Waals surface area (Å²) in [6.07, 6.45) is 2.16. The van der Waals surface area contributed by atoms with Crippen molar-refractivity contribution in [3.8, 4) is 0 Å². The van der Waals surface area contributed by atoms with E-state index in [2.05, 4.69) is 4.98 Å². The molecule has 1 aromatic carbocycles. The van der Waals surface area contributed by atoms with E-state index in [0.29, 0.717) is 6.42 Å². The van der Waals surface area contributed by atoms with Crippen molar-refractivity contribution < 1.29 is 15.0 Å². The van der Waals surface area contributed by atoms with Crippen LogP contribution in [0.3, 0.4) is 0 Å². The molecule has 0 saturated carbocycles. The van der Waals surface area contributed by atoms with E-state index in [1.54, 1.807) is 0 Å². The van der Waals surface area contributed by atoms with Crippen LogP contribution in [0.5, 0.6) is 0 Å². The van der Waals surface area contributed by atoms with Crippen LogP contribution in [0, 0.1) is 0 Å². The molecule has 0 aliphatic rings. The number of aromatic nitrogens is 1. The number of benzene rings is 1. The Morgan fingerprint density at radius 2 is 2.06 bits per heavy atom. The topological polar surface area (TPSA) is 99.3 Å². The minimum absolute atomic E-state index is 0.347. The van der Waals surface area contributed by atoms with E-state index < -0.39 is 12.0 Å². The highest BCUT2D eigenvalue weighted by atomic mass is 16.4. The Morgan fingerprint density at radius 3 is 2.71 bits per heavy atom. The summed E-state index contributed by atoms with van der Waals surface area (Å²) in [7, 11) is 1.00. The maximum Gasteiger partial charge on any atom is 0.320 e. The molecule has 5 N–H and O–H groups in total. The van der Waals surface area contributed by atoms with Crippen molar-refractivity contribution in [2.75, 3.05) is 7.11 Å². The van der Waals surface area contributed by atoms with E-state index in [4.69, 9.17) is 15.9 Å². The van der Waals surface area contributed by atoms with Crippen LogP contribution in [0.15, 0.2) is 30.5 Å². The molecular formula is C12H16N2O3. The first-order valence-corrected chi connectivity index (χ1v) is 5.16. The summed E-state index contributed by atoms with van der Waals surface area (Å²) < 4.78 is 0. The van der Waals surface area contributed by atoms with Gasteiger partial charge in [-0.3, -0.25) is 4.79 Å². The van der Waals surface area contributed by atoms with E-state index in [1.807, 2.05) is 30.5 Å². The number of rotatable bonds is 3. The fourth-order valence-electron chi connectivity index (χ4n) is 1.62. The smallest absolute Gasteiger partial charge is 0.320 e. The monoisotopic (exact) mass is 236 g/mol. The van der Waals surface area contributed by atoms with E-state index in [1.165, 1.54) is 0 Å². The van der Waals surface area contributed by atoms with Crippen LogP contribution in [0.4, 0.5) is 0 Å². The number of aliphatic carboxylic acids is 1. The molecule has 2 aromatic rings. The number of carboxylic acids is 1. The van der Waals surface area contributed by atoms with Gasteiger partial charge in [-0.05, 0) is 11.6 Å². The number of aliphatic hydroxyl groups excluding tert-OH is 1. The van der Waals surface area contributed by atoms with Crippen LogP contribution in [0.25, 0.3) is 10.9 Å². The van der Waals surface area contributed by atoms with Crippen molar-refractivity contribution in [3.63, 3.8) is 0 Å². The number of nitrogens with one attached hydrogen (secondary N) is 1. The number of hydrogen-bond acceptors (Lipinski definition) is 3. The third-order valence-electron chi connectivity index (χ3n) is 2.43. The first-order valence-electron chi connectivity index (χ1n) is 5.16. The van der Waals surface area contributed by atoms with Gasteiger partial charge in [-0.1, -0.05) is 18.2 Å². The van der Waals surface area contributed by atoms with Crippen LogP contribution in [-0.2, 0) is 11.2 Å². The van der Waals surface area contributed by atoms with Gasteiger partial charge in [0.15, 0.2) is 0 Å². The molecule has 1 aromatic heterocycles. The lowest BCUT2D eigenvalue weighted by atomic mass is 10.1. The number of carboxylic acid groups (broad SMARTS) is 1. The number of aromatic amines is 1. The van der Waals surface area contributed by atoms with Gasteiger partial charge in [0.2, 0.25) is 0 Å². The van der Waals surface area contributed by atoms with Crippen molar-refractivity contribution in [2.24, 2.45) is 5.73 Å². The minimum Gasteiger partial charge on any atom is -0.480 e. The Hall–Kier alpha value is -1.85. The van der Waals surface area contributed by atoms with Gasteiger partial charge in [-0.2, -0.15) is 0 Å². The number of para-hydroxylation sites is 1. The predicted molar refractivity (Wildman–Crippen MR) is 65.8 cm³/mol. The second-order valence-electron chi connectivity index (χ2n) is 3.51. The molecule has 0 aliphatic heterocycles. The van der Waals surface area contributed by atoms with E-state index in [9.17, 15) is 4.79 Å². The Kier molecular flexibility index (Phi) is 4.68. The zero-order valence-electron chi connectivity index (χ0n) is 9.55. The number of carbonyl (C=O) groups is 1. The van der Waals surface area contributed by atoms with Crippen LogP contribution < -0.4 is 5.73 Å². The molecule has 0 radical (unpaired) electrons. The highest BCUT2D eigenvalue weighted by Crippen LogP contribution is 2.18. The number of H-pyrrole nitrogens is 1. The average molecular weight is 236 g/mol. The number of nitrogens with two attached hydrogens (primary N) is 1. The lowest BCUT2D eigenvalue weighted by Crippen LogP contribution is -2.32. The van der Waals surface area contributed by atoms with Gasteiger partial charge in [0.25, 0.3) is 0 Å². The quantitative estimate of drug-likeness (QED) is 0.631. The third-order valence-corrected chi connectivity index (χ3v) is 2.43. The first-order chi connectivity index (χ1) is 8.18. The fourth-order valence-corrected chi connectivity index (χ4v) is 1.62. The summed E-state index contributed by atoms with van der Waals surface area (Å²) in [6, 6.07) is 6.91. The molecule has 0 spiro atoms. The summed E-state index contributed by atoms with van der Waals surface area (Å²) in [4.78, 5) is 13.7. The molecular weight excluding hydrogens is 220 g/mol. The zero-order chi connectivity index (χ0) is 12.8. The van der Waals surface area contributed by atoms with E-state index >= 15 is 0 Å². The van der Waals surface area contributed by atoms with Gasteiger partial charge in [-0.25, -0.2) is 0 Å². The number of fused-ring (bicyclic) bond motifs is 1. The molecule has 0 unspecified atom stereocenters. The van der Waals surface area contributed by atoms with Gasteiger partial charge >= 0.3 is 5.97 Å². The second kappa shape index (κ2) is 6.03. The van der Waals surface area contributed by atoms with Gasteiger partial charge in [0.1, 0.15) is 6.04 Å². The summed E-state index contributed by atoms with van der Waals surface area (Å²) in [5, 5.41) is 16.8. The van der Waals surface area contributed by atoms with Gasteiger partial charge in [0.05, 0.1) is 0 Å². The maximum absolute atomic E-state index is 10.6. The molecule has 17 heavy (non-hydrogen) atoms. The van der Waals surface area contributed by atoms with Crippen LogP contribution in [0.1, 0.15) is 5.56 Å². The average Bonchev–Trinajstić information content (AvgIpc) is 2.75. The molecule has 0 bridgehead atoms. The Morgan fingerprint density at radius 1 is 1.41 bits per heavy atom. The molecule has 0 amide bonds. The third kappa shape index (κ3) is 3.05. The SMILES string of the molecule is CO.N[C@@H](Cc1c[nH]c2ccccc12)C(=O)O. The molecule has 0 saturated heterocycles.